The summed E-state index contributed by atoms with van der Waals surface area (Å²) >= 11 is 8.00. The van der Waals surface area contributed by atoms with E-state index in [9.17, 15) is 9.70 Å². The maximum Gasteiger partial charge on any atom is 0.257 e. The number of rotatable bonds is 4. The molecule has 0 aliphatic rings. The first kappa shape index (κ1) is 14.9. The lowest BCUT2D eigenvalue weighted by atomic mass is 10.1. The Morgan fingerprint density at radius 2 is 1.90 bits per heavy atom. The highest BCUT2D eigenvalue weighted by Gasteiger charge is 2.22. The van der Waals surface area contributed by atoms with Crippen molar-refractivity contribution in [1.82, 2.24) is 0 Å². The van der Waals surface area contributed by atoms with Gasteiger partial charge in [0.05, 0.1) is 0 Å². The molecule has 6 heteroatoms. The van der Waals surface area contributed by atoms with Crippen LogP contribution in [0.25, 0.3) is 0 Å². The Morgan fingerprint density at radius 3 is 2.50 bits per heavy atom. The Labute approximate surface area is 134 Å². The van der Waals surface area contributed by atoms with E-state index in [1.807, 2.05) is 6.07 Å². The number of benzene rings is 2. The summed E-state index contributed by atoms with van der Waals surface area (Å²) in [5, 5.41) is 6.03. The fourth-order valence-corrected chi connectivity index (χ4v) is 2.85. The van der Waals surface area contributed by atoms with Gasteiger partial charge in [0, 0.05) is 14.3 Å². The van der Waals surface area contributed by atoms with Gasteiger partial charge in [0.15, 0.2) is 6.04 Å². The summed E-state index contributed by atoms with van der Waals surface area (Å²) in [4.78, 5) is 23.1. The second-order valence-electron chi connectivity index (χ2n) is 4.07. The van der Waals surface area contributed by atoms with Gasteiger partial charge in [-0.2, -0.15) is 0 Å². The molecule has 20 heavy (non-hydrogen) atoms. The van der Waals surface area contributed by atoms with Crippen LogP contribution in [0.1, 0.15) is 11.6 Å². The number of halogens is 2. The SMILES string of the molecule is O=NC(C(=O)Nc1ccccc1)c1cc(Cl)cc(I)c1. The van der Waals surface area contributed by atoms with Crippen LogP contribution in [0.5, 0.6) is 0 Å². The number of hydrogen-bond acceptors (Lipinski definition) is 3. The topological polar surface area (TPSA) is 58.5 Å². The van der Waals surface area contributed by atoms with E-state index >= 15 is 0 Å². The third kappa shape index (κ3) is 3.77. The van der Waals surface area contributed by atoms with Crippen LogP contribution in [0.4, 0.5) is 5.69 Å². The fraction of sp³-hybridized carbons (Fsp3) is 0.0714. The molecule has 0 heterocycles. The highest BCUT2D eigenvalue weighted by Crippen LogP contribution is 2.25. The molecular formula is C14H10ClIN2O2. The predicted molar refractivity (Wildman–Crippen MR) is 87.8 cm³/mol. The van der Waals surface area contributed by atoms with Gasteiger partial charge in [-0.1, -0.05) is 35.0 Å². The Balaban J connectivity index is 2.23. The summed E-state index contributed by atoms with van der Waals surface area (Å²) in [6.07, 6.45) is 0. The van der Waals surface area contributed by atoms with E-state index in [2.05, 4.69) is 33.1 Å². The summed E-state index contributed by atoms with van der Waals surface area (Å²) < 4.78 is 0.839. The lowest BCUT2D eigenvalue weighted by Gasteiger charge is -2.11. The molecule has 0 saturated heterocycles. The van der Waals surface area contributed by atoms with Crippen LogP contribution >= 0.6 is 34.2 Å². The van der Waals surface area contributed by atoms with E-state index in [0.29, 0.717) is 16.3 Å². The van der Waals surface area contributed by atoms with Crippen molar-refractivity contribution in [3.05, 3.63) is 67.6 Å². The Bertz CT molecular complexity index is 614. The van der Waals surface area contributed by atoms with Crippen molar-refractivity contribution >= 4 is 45.8 Å². The number of hydrogen-bond donors (Lipinski definition) is 1. The molecule has 4 nitrogen and oxygen atoms in total. The minimum atomic E-state index is -1.12. The second kappa shape index (κ2) is 6.81. The molecule has 2 aromatic carbocycles. The normalized spacial score (nSPS) is 11.7. The third-order valence-corrected chi connectivity index (χ3v) is 3.44. The molecule has 0 fully saturated rings. The number of nitroso groups, excluding NO2 is 1. The van der Waals surface area contributed by atoms with Gasteiger partial charge in [0.2, 0.25) is 0 Å². The zero-order chi connectivity index (χ0) is 14.5. The molecule has 0 saturated carbocycles. The molecule has 1 unspecified atom stereocenters. The van der Waals surface area contributed by atoms with Gasteiger partial charge < -0.3 is 5.32 Å². The van der Waals surface area contributed by atoms with Crippen LogP contribution in [0.2, 0.25) is 5.02 Å². The average molecular weight is 401 g/mol. The smallest absolute Gasteiger partial charge is 0.257 e. The van der Waals surface area contributed by atoms with Crippen LogP contribution in [-0.4, -0.2) is 5.91 Å². The number of anilines is 1. The van der Waals surface area contributed by atoms with E-state index < -0.39 is 11.9 Å². The minimum Gasteiger partial charge on any atom is -0.324 e. The summed E-state index contributed by atoms with van der Waals surface area (Å²) in [5.74, 6) is -0.482. The highest BCUT2D eigenvalue weighted by molar-refractivity contribution is 14.1. The number of nitrogens with one attached hydrogen (secondary N) is 1. The van der Waals surface area contributed by atoms with Gasteiger partial charge in [-0.25, -0.2) is 0 Å². The van der Waals surface area contributed by atoms with E-state index in [-0.39, 0.29) is 0 Å². The predicted octanol–water partition coefficient (Wildman–Crippen LogP) is 4.39. The Morgan fingerprint density at radius 1 is 1.20 bits per heavy atom. The first-order valence-corrected chi connectivity index (χ1v) is 7.20. The summed E-state index contributed by atoms with van der Waals surface area (Å²) in [6, 6.07) is 12.8. The van der Waals surface area contributed by atoms with Gasteiger partial charge in [0.25, 0.3) is 5.91 Å². The van der Waals surface area contributed by atoms with Gasteiger partial charge >= 0.3 is 0 Å². The van der Waals surface area contributed by atoms with Crippen molar-refractivity contribution in [3.8, 4) is 0 Å². The molecule has 0 bridgehead atoms. The largest absolute Gasteiger partial charge is 0.324 e. The first-order chi connectivity index (χ1) is 9.60. The second-order valence-corrected chi connectivity index (χ2v) is 5.75. The number of carbonyl (C=O) groups is 1. The highest BCUT2D eigenvalue weighted by atomic mass is 127. The van der Waals surface area contributed by atoms with Crippen LogP contribution in [0.15, 0.2) is 53.7 Å². The average Bonchev–Trinajstić information content (AvgIpc) is 2.39. The summed E-state index contributed by atoms with van der Waals surface area (Å²) in [5.41, 5.74) is 1.09. The van der Waals surface area contributed by atoms with Crippen LogP contribution in [0.3, 0.4) is 0 Å². The molecule has 0 spiro atoms. The standard InChI is InChI=1S/C14H10ClIN2O2/c15-10-6-9(7-11(16)8-10)13(18-20)14(19)17-12-4-2-1-3-5-12/h1-8,13H,(H,17,19). The molecule has 2 aromatic rings. The molecule has 1 amide bonds. The minimum absolute atomic E-state index is 0.466. The van der Waals surface area contributed by atoms with Crippen LogP contribution in [-0.2, 0) is 4.79 Å². The summed E-state index contributed by atoms with van der Waals surface area (Å²) in [6.45, 7) is 0. The van der Waals surface area contributed by atoms with Gasteiger partial charge in [0.1, 0.15) is 0 Å². The summed E-state index contributed by atoms with van der Waals surface area (Å²) in [7, 11) is 0. The lowest BCUT2D eigenvalue weighted by molar-refractivity contribution is -0.117. The molecule has 0 aliphatic carbocycles. The van der Waals surface area contributed by atoms with E-state index in [1.54, 1.807) is 42.5 Å². The Kier molecular flexibility index (Phi) is 5.08. The van der Waals surface area contributed by atoms with Crippen molar-refractivity contribution < 1.29 is 4.79 Å². The van der Waals surface area contributed by atoms with Crippen molar-refractivity contribution in [3.63, 3.8) is 0 Å². The maximum atomic E-state index is 12.1. The van der Waals surface area contributed by atoms with Crippen LogP contribution in [0, 0.1) is 8.48 Å². The van der Waals surface area contributed by atoms with Gasteiger partial charge in [-0.15, -0.1) is 4.91 Å². The number of para-hydroxylation sites is 1. The zero-order valence-electron chi connectivity index (χ0n) is 10.2. The first-order valence-electron chi connectivity index (χ1n) is 5.74. The van der Waals surface area contributed by atoms with E-state index in [1.165, 1.54) is 0 Å². The van der Waals surface area contributed by atoms with Crippen molar-refractivity contribution in [2.45, 2.75) is 6.04 Å². The molecule has 102 valence electrons. The third-order valence-electron chi connectivity index (χ3n) is 2.60. The molecular weight excluding hydrogens is 391 g/mol. The number of carbonyl (C=O) groups excluding carboxylic acids is 1. The molecule has 1 N–H and O–H groups in total. The Hall–Kier alpha value is -1.47. The van der Waals surface area contributed by atoms with Crippen LogP contribution < -0.4 is 5.32 Å². The van der Waals surface area contributed by atoms with E-state index in [0.717, 1.165) is 3.57 Å². The van der Waals surface area contributed by atoms with Gasteiger partial charge in [-0.3, -0.25) is 4.79 Å². The monoisotopic (exact) mass is 400 g/mol. The van der Waals surface area contributed by atoms with Crippen molar-refractivity contribution in [2.24, 2.45) is 5.18 Å². The molecule has 0 radical (unpaired) electrons. The number of nitrogens with zero attached hydrogens (tertiary/aromatic N) is 1. The van der Waals surface area contributed by atoms with Crippen molar-refractivity contribution in [2.75, 3.05) is 5.32 Å². The molecule has 2 rings (SSSR count). The molecule has 1 atom stereocenters. The van der Waals surface area contributed by atoms with Crippen molar-refractivity contribution in [1.29, 1.82) is 0 Å². The number of amides is 1. The lowest BCUT2D eigenvalue weighted by Crippen LogP contribution is -2.19. The maximum absolute atomic E-state index is 12.1. The molecule has 0 aromatic heterocycles. The fourth-order valence-electron chi connectivity index (χ4n) is 1.73. The molecule has 0 aliphatic heterocycles. The zero-order valence-corrected chi connectivity index (χ0v) is 13.1. The van der Waals surface area contributed by atoms with E-state index in [4.69, 9.17) is 11.6 Å². The quantitative estimate of drug-likeness (QED) is 0.611. The van der Waals surface area contributed by atoms with Gasteiger partial charge in [-0.05, 0) is 58.5 Å².